The molecular formula is C26H28F2N4O2S. The van der Waals surface area contributed by atoms with Gasteiger partial charge in [-0.05, 0) is 61.4 Å². The van der Waals surface area contributed by atoms with Crippen LogP contribution in [0.15, 0.2) is 24.8 Å². The van der Waals surface area contributed by atoms with Crippen molar-refractivity contribution in [1.29, 1.82) is 0 Å². The molecule has 1 aliphatic heterocycles. The van der Waals surface area contributed by atoms with Gasteiger partial charge in [0.15, 0.2) is 17.4 Å². The summed E-state index contributed by atoms with van der Waals surface area (Å²) in [6, 6.07) is 2.61. The molecule has 3 aromatic rings. The number of methoxy groups -OCH3 is 1. The van der Waals surface area contributed by atoms with Gasteiger partial charge in [-0.15, -0.1) is 11.3 Å². The van der Waals surface area contributed by atoms with E-state index in [0.29, 0.717) is 50.4 Å². The number of aryl methyl sites for hydroxylation is 4. The van der Waals surface area contributed by atoms with Gasteiger partial charge in [0.1, 0.15) is 16.5 Å². The standard InChI is InChI=1S/C26H28F2N4O2S/c1-3-22(33)31-10-12-32(13-11-31)25-23-17-6-4-5-7-20(17)35-26(23)30-21(29-25)9-8-16-14-18(27)24(34-2)19(28)15-16/h3,14-15H,1,4-13H2,2H3. The maximum Gasteiger partial charge on any atom is 0.246 e. The minimum Gasteiger partial charge on any atom is -0.491 e. The van der Waals surface area contributed by atoms with Crippen LogP contribution in [0.5, 0.6) is 5.75 Å². The number of anilines is 1. The third-order valence-corrected chi connectivity index (χ3v) is 7.99. The second kappa shape index (κ2) is 9.89. The molecule has 184 valence electrons. The quantitative estimate of drug-likeness (QED) is 0.469. The highest BCUT2D eigenvalue weighted by atomic mass is 32.1. The van der Waals surface area contributed by atoms with Crippen LogP contribution in [0.3, 0.4) is 0 Å². The van der Waals surface area contributed by atoms with Gasteiger partial charge in [-0.2, -0.15) is 0 Å². The van der Waals surface area contributed by atoms with Crippen molar-refractivity contribution in [1.82, 2.24) is 14.9 Å². The van der Waals surface area contributed by atoms with Gasteiger partial charge < -0.3 is 14.5 Å². The van der Waals surface area contributed by atoms with Gasteiger partial charge in [-0.1, -0.05) is 6.58 Å². The Bertz CT molecular complexity index is 1260. The summed E-state index contributed by atoms with van der Waals surface area (Å²) in [5, 5.41) is 1.14. The summed E-state index contributed by atoms with van der Waals surface area (Å²) in [7, 11) is 1.25. The van der Waals surface area contributed by atoms with Crippen LogP contribution in [0.2, 0.25) is 0 Å². The Kier molecular flexibility index (Phi) is 6.69. The number of thiophene rings is 1. The minimum absolute atomic E-state index is 0.0509. The number of hydrogen-bond acceptors (Lipinski definition) is 6. The number of carbonyl (C=O) groups excluding carboxylic acids is 1. The van der Waals surface area contributed by atoms with E-state index < -0.39 is 11.6 Å². The summed E-state index contributed by atoms with van der Waals surface area (Å²) in [6.07, 6.45) is 6.68. The molecule has 5 rings (SSSR count). The van der Waals surface area contributed by atoms with Gasteiger partial charge in [0, 0.05) is 37.5 Å². The predicted octanol–water partition coefficient (Wildman–Crippen LogP) is 4.48. The van der Waals surface area contributed by atoms with Crippen LogP contribution in [-0.4, -0.2) is 54.1 Å². The third kappa shape index (κ3) is 4.61. The van der Waals surface area contributed by atoms with Crippen molar-refractivity contribution >= 4 is 33.3 Å². The molecule has 0 spiro atoms. The fraction of sp³-hybridized carbons (Fsp3) is 0.423. The maximum atomic E-state index is 14.2. The second-order valence-corrected chi connectivity index (χ2v) is 10.0. The number of fused-ring (bicyclic) bond motifs is 3. The maximum absolute atomic E-state index is 14.2. The second-order valence-electron chi connectivity index (χ2n) is 8.96. The van der Waals surface area contributed by atoms with Crippen molar-refractivity contribution in [2.75, 3.05) is 38.2 Å². The van der Waals surface area contributed by atoms with E-state index in [1.54, 1.807) is 16.2 Å². The first-order chi connectivity index (χ1) is 17.0. The number of ether oxygens (including phenoxy) is 1. The molecule has 0 radical (unpaired) electrons. The Morgan fingerprint density at radius 1 is 1.11 bits per heavy atom. The summed E-state index contributed by atoms with van der Waals surface area (Å²) in [4.78, 5) is 28.3. The van der Waals surface area contributed by atoms with Gasteiger partial charge in [0.05, 0.1) is 12.5 Å². The molecule has 1 amide bonds. The molecule has 2 aromatic heterocycles. The number of amides is 1. The predicted molar refractivity (Wildman–Crippen MR) is 133 cm³/mol. The van der Waals surface area contributed by atoms with Crippen molar-refractivity contribution < 1.29 is 18.3 Å². The molecule has 1 aromatic carbocycles. The molecule has 0 unspecified atom stereocenters. The lowest BCUT2D eigenvalue weighted by Gasteiger charge is -2.35. The molecule has 0 bridgehead atoms. The molecule has 1 fully saturated rings. The van der Waals surface area contributed by atoms with E-state index in [1.165, 1.54) is 42.2 Å². The average molecular weight is 499 g/mol. The van der Waals surface area contributed by atoms with Gasteiger partial charge in [-0.3, -0.25) is 4.79 Å². The Balaban J connectivity index is 1.46. The van der Waals surface area contributed by atoms with Crippen molar-refractivity contribution in [3.63, 3.8) is 0 Å². The van der Waals surface area contributed by atoms with Crippen LogP contribution in [0, 0.1) is 11.6 Å². The first kappa shape index (κ1) is 23.7. The Morgan fingerprint density at radius 2 is 1.83 bits per heavy atom. The largest absolute Gasteiger partial charge is 0.491 e. The zero-order valence-corrected chi connectivity index (χ0v) is 20.6. The van der Waals surface area contributed by atoms with Crippen molar-refractivity contribution in [3.8, 4) is 5.75 Å². The Labute approximate surface area is 207 Å². The van der Waals surface area contributed by atoms with Crippen LogP contribution < -0.4 is 9.64 Å². The first-order valence-corrected chi connectivity index (χ1v) is 12.8. The molecule has 9 heteroatoms. The van der Waals surface area contributed by atoms with E-state index in [9.17, 15) is 13.6 Å². The molecule has 3 heterocycles. The van der Waals surface area contributed by atoms with Crippen LogP contribution in [0.4, 0.5) is 14.6 Å². The van der Waals surface area contributed by atoms with Crippen LogP contribution in [-0.2, 0) is 30.5 Å². The molecule has 1 saturated heterocycles. The van der Waals surface area contributed by atoms with Crippen LogP contribution in [0.1, 0.15) is 34.7 Å². The number of halogens is 2. The lowest BCUT2D eigenvalue weighted by molar-refractivity contribution is -0.126. The van der Waals surface area contributed by atoms with E-state index >= 15 is 0 Å². The molecule has 6 nitrogen and oxygen atoms in total. The van der Waals surface area contributed by atoms with E-state index in [0.717, 1.165) is 35.3 Å². The van der Waals surface area contributed by atoms with Gasteiger partial charge >= 0.3 is 0 Å². The number of carbonyl (C=O) groups is 1. The third-order valence-electron chi connectivity index (χ3n) is 6.81. The molecule has 35 heavy (non-hydrogen) atoms. The number of nitrogens with zero attached hydrogens (tertiary/aromatic N) is 4. The smallest absolute Gasteiger partial charge is 0.246 e. The van der Waals surface area contributed by atoms with Crippen molar-refractivity contribution in [3.05, 3.63) is 58.3 Å². The molecule has 0 N–H and O–H groups in total. The minimum atomic E-state index is -0.711. The summed E-state index contributed by atoms with van der Waals surface area (Å²) in [5.41, 5.74) is 1.90. The average Bonchev–Trinajstić information content (AvgIpc) is 3.25. The highest BCUT2D eigenvalue weighted by Crippen LogP contribution is 2.40. The zero-order valence-electron chi connectivity index (χ0n) is 19.8. The monoisotopic (exact) mass is 498 g/mol. The van der Waals surface area contributed by atoms with Crippen molar-refractivity contribution in [2.24, 2.45) is 0 Å². The Hall–Kier alpha value is -3.07. The number of hydrogen-bond donors (Lipinski definition) is 0. The molecular weight excluding hydrogens is 470 g/mol. The van der Waals surface area contributed by atoms with Crippen LogP contribution in [0.25, 0.3) is 10.2 Å². The number of rotatable bonds is 6. The summed E-state index contributed by atoms with van der Waals surface area (Å²) in [5.74, 6) is -0.263. The number of benzene rings is 1. The fourth-order valence-corrected chi connectivity index (χ4v) is 6.27. The highest BCUT2D eigenvalue weighted by molar-refractivity contribution is 7.19. The number of piperazine rings is 1. The van der Waals surface area contributed by atoms with Crippen LogP contribution >= 0.6 is 11.3 Å². The lowest BCUT2D eigenvalue weighted by Crippen LogP contribution is -2.48. The van der Waals surface area contributed by atoms with E-state index in [1.807, 2.05) is 0 Å². The van der Waals surface area contributed by atoms with E-state index in [-0.39, 0.29) is 11.7 Å². The number of aromatic nitrogens is 2. The highest BCUT2D eigenvalue weighted by Gasteiger charge is 2.27. The Morgan fingerprint density at radius 3 is 2.51 bits per heavy atom. The summed E-state index contributed by atoms with van der Waals surface area (Å²) in [6.45, 7) is 6.19. The van der Waals surface area contributed by atoms with E-state index in [4.69, 9.17) is 14.7 Å². The molecule has 0 atom stereocenters. The zero-order chi connectivity index (χ0) is 24.5. The van der Waals surface area contributed by atoms with Gasteiger partial charge in [-0.25, -0.2) is 18.7 Å². The summed E-state index contributed by atoms with van der Waals surface area (Å²) >= 11 is 1.74. The lowest BCUT2D eigenvalue weighted by atomic mass is 9.96. The molecule has 1 aliphatic carbocycles. The summed E-state index contributed by atoms with van der Waals surface area (Å²) < 4.78 is 33.1. The first-order valence-electron chi connectivity index (χ1n) is 12.0. The van der Waals surface area contributed by atoms with Gasteiger partial charge in [0.2, 0.25) is 5.91 Å². The fourth-order valence-electron chi connectivity index (χ4n) is 5.00. The molecule has 0 saturated carbocycles. The van der Waals surface area contributed by atoms with Crippen molar-refractivity contribution in [2.45, 2.75) is 38.5 Å². The normalized spacial score (nSPS) is 15.9. The SMILES string of the molecule is C=CC(=O)N1CCN(c2nc(CCc3cc(F)c(OC)c(F)c3)nc3sc4c(c23)CCCC4)CC1. The topological polar surface area (TPSA) is 58.6 Å². The van der Waals surface area contributed by atoms with E-state index in [2.05, 4.69) is 11.5 Å². The molecule has 2 aliphatic rings. The van der Waals surface area contributed by atoms with Gasteiger partial charge in [0.25, 0.3) is 0 Å².